The maximum Gasteiger partial charge on any atom is 0.416 e. The number of halogens is 6. The van der Waals surface area contributed by atoms with Crippen LogP contribution in [0, 0.1) is 5.92 Å². The summed E-state index contributed by atoms with van der Waals surface area (Å²) in [6.07, 6.45) is -6.23. The molecular weight excluding hydrogens is 468 g/mol. The highest BCUT2D eigenvalue weighted by molar-refractivity contribution is 5.93. The Labute approximate surface area is 188 Å². The van der Waals surface area contributed by atoms with Crippen LogP contribution >= 0.6 is 0 Å². The Morgan fingerprint density at radius 1 is 0.971 bits per heavy atom. The number of rotatable bonds is 4. The standard InChI is InChI=1S/C20H17F6N7O/c21-19(22,23)13-6-14(20(24,25)26)8-15(7-13)29-18(34)12-2-1-5-32(9-12)16-3-4-17(31-30-16)33-11-27-10-28-33/h3-4,6-8,10-12H,1-2,5,9H2,(H,29,34). The third-order valence-corrected chi connectivity index (χ3v) is 5.26. The summed E-state index contributed by atoms with van der Waals surface area (Å²) in [5.74, 6) is -0.448. The van der Waals surface area contributed by atoms with Gasteiger partial charge in [0.2, 0.25) is 5.91 Å². The third kappa shape index (κ3) is 5.26. The molecule has 1 unspecified atom stereocenters. The van der Waals surface area contributed by atoms with E-state index in [1.54, 1.807) is 17.0 Å². The second kappa shape index (κ2) is 8.91. The van der Waals surface area contributed by atoms with Crippen molar-refractivity contribution in [3.8, 4) is 5.82 Å². The van der Waals surface area contributed by atoms with Crippen molar-refractivity contribution in [2.24, 2.45) is 5.92 Å². The van der Waals surface area contributed by atoms with Gasteiger partial charge in [-0.1, -0.05) is 0 Å². The lowest BCUT2D eigenvalue weighted by molar-refractivity contribution is -0.143. The number of alkyl halides is 6. The molecule has 34 heavy (non-hydrogen) atoms. The van der Waals surface area contributed by atoms with Crippen molar-refractivity contribution in [1.29, 1.82) is 0 Å². The van der Waals surface area contributed by atoms with Crippen LogP contribution in [0.1, 0.15) is 24.0 Å². The maximum atomic E-state index is 13.1. The van der Waals surface area contributed by atoms with Crippen LogP contribution in [0.2, 0.25) is 0 Å². The Morgan fingerprint density at radius 2 is 1.62 bits per heavy atom. The van der Waals surface area contributed by atoms with Gasteiger partial charge in [0.15, 0.2) is 11.6 Å². The first-order chi connectivity index (χ1) is 16.0. The molecule has 4 rings (SSSR count). The molecule has 1 aromatic carbocycles. The van der Waals surface area contributed by atoms with Gasteiger partial charge in [0.25, 0.3) is 0 Å². The predicted octanol–water partition coefficient (Wildman–Crippen LogP) is 3.95. The van der Waals surface area contributed by atoms with Gasteiger partial charge in [-0.3, -0.25) is 4.79 Å². The van der Waals surface area contributed by atoms with Gasteiger partial charge >= 0.3 is 12.4 Å². The summed E-state index contributed by atoms with van der Waals surface area (Å²) in [5.41, 5.74) is -3.56. The zero-order valence-corrected chi connectivity index (χ0v) is 17.3. The summed E-state index contributed by atoms with van der Waals surface area (Å²) in [6.45, 7) is 0.733. The molecule has 2 aromatic heterocycles. The molecular formula is C20H17F6N7O. The lowest BCUT2D eigenvalue weighted by Gasteiger charge is -2.32. The largest absolute Gasteiger partial charge is 0.416 e. The summed E-state index contributed by atoms with van der Waals surface area (Å²) < 4.78 is 79.9. The molecule has 3 heterocycles. The van der Waals surface area contributed by atoms with Gasteiger partial charge in [-0.2, -0.15) is 31.4 Å². The number of hydrogen-bond donors (Lipinski definition) is 1. The molecule has 1 atom stereocenters. The fraction of sp³-hybridized carbons (Fsp3) is 0.350. The highest BCUT2D eigenvalue weighted by Gasteiger charge is 2.37. The van der Waals surface area contributed by atoms with Crippen LogP contribution < -0.4 is 10.2 Å². The first-order valence-corrected chi connectivity index (χ1v) is 10.0. The number of benzene rings is 1. The van der Waals surface area contributed by atoms with E-state index in [1.165, 1.54) is 17.3 Å². The monoisotopic (exact) mass is 485 g/mol. The van der Waals surface area contributed by atoms with Crippen LogP contribution in [-0.2, 0) is 17.1 Å². The van der Waals surface area contributed by atoms with E-state index in [-0.39, 0.29) is 12.6 Å². The second-order valence-electron chi connectivity index (χ2n) is 7.66. The molecule has 0 bridgehead atoms. The number of carbonyl (C=O) groups is 1. The zero-order chi connectivity index (χ0) is 24.5. The van der Waals surface area contributed by atoms with E-state index in [0.29, 0.717) is 43.2 Å². The van der Waals surface area contributed by atoms with Crippen LogP contribution in [0.3, 0.4) is 0 Å². The quantitative estimate of drug-likeness (QED) is 0.563. The van der Waals surface area contributed by atoms with E-state index in [1.807, 2.05) is 0 Å². The van der Waals surface area contributed by atoms with Gasteiger partial charge < -0.3 is 10.2 Å². The molecule has 0 aliphatic carbocycles. The number of piperidine rings is 1. The minimum absolute atomic E-state index is 0.0135. The van der Waals surface area contributed by atoms with E-state index in [4.69, 9.17) is 0 Å². The van der Waals surface area contributed by atoms with Gasteiger partial charge in [-0.25, -0.2) is 9.67 Å². The predicted molar refractivity (Wildman–Crippen MR) is 107 cm³/mol. The highest BCUT2D eigenvalue weighted by atomic mass is 19.4. The lowest BCUT2D eigenvalue weighted by Crippen LogP contribution is -2.41. The molecule has 1 aliphatic heterocycles. The average molecular weight is 485 g/mol. The maximum absolute atomic E-state index is 13.1. The number of hydrogen-bond acceptors (Lipinski definition) is 6. The molecule has 8 nitrogen and oxygen atoms in total. The first-order valence-electron chi connectivity index (χ1n) is 10.0. The zero-order valence-electron chi connectivity index (χ0n) is 17.3. The number of aromatic nitrogens is 5. The van der Waals surface area contributed by atoms with E-state index in [0.717, 1.165) is 0 Å². The van der Waals surface area contributed by atoms with Crippen molar-refractivity contribution in [2.75, 3.05) is 23.3 Å². The number of anilines is 2. The van der Waals surface area contributed by atoms with Crippen molar-refractivity contribution in [1.82, 2.24) is 25.0 Å². The van der Waals surface area contributed by atoms with Gasteiger partial charge in [0.05, 0.1) is 17.0 Å². The van der Waals surface area contributed by atoms with Crippen LogP contribution in [0.5, 0.6) is 0 Å². The third-order valence-electron chi connectivity index (χ3n) is 5.26. The molecule has 3 aromatic rings. The van der Waals surface area contributed by atoms with Gasteiger partial charge in [0, 0.05) is 18.8 Å². The summed E-state index contributed by atoms with van der Waals surface area (Å²) >= 11 is 0. The number of nitrogens with zero attached hydrogens (tertiary/aromatic N) is 6. The first kappa shape index (κ1) is 23.4. The summed E-state index contributed by atoms with van der Waals surface area (Å²) in [5, 5.41) is 14.3. The minimum atomic E-state index is -5.00. The molecule has 0 spiro atoms. The van der Waals surface area contributed by atoms with Crippen LogP contribution in [0.4, 0.5) is 37.8 Å². The van der Waals surface area contributed by atoms with Crippen LogP contribution in [-0.4, -0.2) is 44.0 Å². The summed E-state index contributed by atoms with van der Waals surface area (Å²) in [7, 11) is 0. The molecule has 180 valence electrons. The van der Waals surface area contributed by atoms with Crippen molar-refractivity contribution in [3.63, 3.8) is 0 Å². The molecule has 1 fully saturated rings. The molecule has 0 radical (unpaired) electrons. The lowest BCUT2D eigenvalue weighted by atomic mass is 9.96. The normalized spacial score (nSPS) is 17.0. The average Bonchev–Trinajstić information content (AvgIpc) is 3.33. The summed E-state index contributed by atoms with van der Waals surface area (Å²) in [6, 6.07) is 4.32. The van der Waals surface area contributed by atoms with Crippen molar-refractivity contribution in [2.45, 2.75) is 25.2 Å². The Bertz CT molecular complexity index is 1110. The minimum Gasteiger partial charge on any atom is -0.354 e. The van der Waals surface area contributed by atoms with E-state index >= 15 is 0 Å². The van der Waals surface area contributed by atoms with Crippen molar-refractivity contribution < 1.29 is 31.1 Å². The van der Waals surface area contributed by atoms with Crippen LogP contribution in [0.15, 0.2) is 43.0 Å². The van der Waals surface area contributed by atoms with E-state index in [9.17, 15) is 31.1 Å². The SMILES string of the molecule is O=C(Nc1cc(C(F)(F)F)cc(C(F)(F)F)c1)C1CCCN(c2ccc(-n3cncn3)nn2)C1. The Morgan fingerprint density at radius 3 is 2.18 bits per heavy atom. The molecule has 1 saturated heterocycles. The fourth-order valence-electron chi connectivity index (χ4n) is 3.61. The smallest absolute Gasteiger partial charge is 0.354 e. The molecule has 1 N–H and O–H groups in total. The van der Waals surface area contributed by atoms with Crippen LogP contribution in [0.25, 0.3) is 5.82 Å². The van der Waals surface area contributed by atoms with Gasteiger partial charge in [0.1, 0.15) is 12.7 Å². The summed E-state index contributed by atoms with van der Waals surface area (Å²) in [4.78, 5) is 18.3. The Kier molecular flexibility index (Phi) is 6.15. The molecule has 1 amide bonds. The second-order valence-corrected chi connectivity index (χ2v) is 7.66. The Hall–Kier alpha value is -3.71. The number of amides is 1. The molecule has 1 aliphatic rings. The molecule has 14 heteroatoms. The topological polar surface area (TPSA) is 88.8 Å². The fourth-order valence-corrected chi connectivity index (χ4v) is 3.61. The van der Waals surface area contributed by atoms with Gasteiger partial charge in [-0.05, 0) is 43.2 Å². The highest BCUT2D eigenvalue weighted by Crippen LogP contribution is 2.37. The number of nitrogens with one attached hydrogen (secondary N) is 1. The van der Waals surface area contributed by atoms with Gasteiger partial charge in [-0.15, -0.1) is 10.2 Å². The van der Waals surface area contributed by atoms with E-state index < -0.39 is 41.0 Å². The van der Waals surface area contributed by atoms with Crippen molar-refractivity contribution in [3.05, 3.63) is 54.1 Å². The van der Waals surface area contributed by atoms with Crippen molar-refractivity contribution >= 4 is 17.4 Å². The number of carbonyl (C=O) groups excluding carboxylic acids is 1. The Balaban J connectivity index is 1.48. The molecule has 0 saturated carbocycles. The van der Waals surface area contributed by atoms with E-state index in [2.05, 4.69) is 25.6 Å².